The summed E-state index contributed by atoms with van der Waals surface area (Å²) in [6.07, 6.45) is 3.14. The topological polar surface area (TPSA) is 79.7 Å². The normalized spacial score (nSPS) is 17.6. The molecule has 8 heteroatoms. The van der Waals surface area contributed by atoms with Crippen LogP contribution in [-0.2, 0) is 9.59 Å². The van der Waals surface area contributed by atoms with E-state index in [4.69, 9.17) is 16.3 Å². The van der Waals surface area contributed by atoms with E-state index in [0.29, 0.717) is 23.6 Å². The van der Waals surface area contributed by atoms with Crippen molar-refractivity contribution >= 4 is 50.7 Å². The summed E-state index contributed by atoms with van der Waals surface area (Å²) in [5.74, 6) is -1.42. The second-order valence-corrected chi connectivity index (χ2v) is 8.32. The number of pyridine rings is 1. The van der Waals surface area contributed by atoms with Gasteiger partial charge < -0.3 is 9.84 Å². The van der Waals surface area contributed by atoms with Crippen molar-refractivity contribution in [1.29, 1.82) is 0 Å². The zero-order chi connectivity index (χ0) is 22.8. The van der Waals surface area contributed by atoms with Gasteiger partial charge in [0.15, 0.2) is 0 Å². The minimum Gasteiger partial charge on any atom is -0.507 e. The zero-order valence-corrected chi connectivity index (χ0v) is 19.3. The minimum atomic E-state index is -0.856. The van der Waals surface area contributed by atoms with Crippen LogP contribution >= 0.6 is 27.5 Å². The van der Waals surface area contributed by atoms with Gasteiger partial charge in [-0.3, -0.25) is 19.5 Å². The smallest absolute Gasteiger partial charge is 0.300 e. The highest BCUT2D eigenvalue weighted by atomic mass is 79.9. The first-order valence-corrected chi connectivity index (χ1v) is 11.0. The summed E-state index contributed by atoms with van der Waals surface area (Å²) in [5.41, 5.74) is 1.30. The van der Waals surface area contributed by atoms with Crippen molar-refractivity contribution in [2.45, 2.75) is 13.0 Å². The van der Waals surface area contributed by atoms with Crippen molar-refractivity contribution < 1.29 is 19.4 Å². The van der Waals surface area contributed by atoms with E-state index >= 15 is 0 Å². The Morgan fingerprint density at radius 2 is 1.81 bits per heavy atom. The number of ketones is 1. The van der Waals surface area contributed by atoms with Gasteiger partial charge in [0, 0.05) is 28.1 Å². The molecule has 4 rings (SSSR count). The maximum atomic E-state index is 13.2. The molecule has 1 unspecified atom stereocenters. The van der Waals surface area contributed by atoms with Gasteiger partial charge >= 0.3 is 0 Å². The Balaban J connectivity index is 1.94. The summed E-state index contributed by atoms with van der Waals surface area (Å²) in [6, 6.07) is 14.4. The summed E-state index contributed by atoms with van der Waals surface area (Å²) < 4.78 is 6.34. The van der Waals surface area contributed by atoms with E-state index in [1.807, 2.05) is 6.92 Å². The molecule has 1 atom stereocenters. The SMILES string of the molecule is CCOc1ccc(Cl)c(/C(O)=C2\C(=O)C(=O)N(c3ccc(Br)cc3)C2c2ccncc2)c1. The van der Waals surface area contributed by atoms with Gasteiger partial charge in [0.05, 0.1) is 23.2 Å². The maximum absolute atomic E-state index is 13.2. The standard InChI is InChI=1S/C24H18BrClN2O4/c1-2-32-17-7-8-19(26)18(13-17)22(29)20-21(14-9-11-27-12-10-14)28(24(31)23(20)30)16-5-3-15(25)4-6-16/h3-13,21,29H,2H2,1H3/b22-20+. The molecular formula is C24H18BrClN2O4. The number of nitrogens with zero attached hydrogens (tertiary/aromatic N) is 2. The zero-order valence-electron chi connectivity index (χ0n) is 17.0. The number of aliphatic hydroxyl groups excluding tert-OH is 1. The highest BCUT2D eigenvalue weighted by Gasteiger charge is 2.47. The molecule has 0 saturated carbocycles. The number of rotatable bonds is 5. The Kier molecular flexibility index (Phi) is 6.30. The Morgan fingerprint density at radius 3 is 2.47 bits per heavy atom. The van der Waals surface area contributed by atoms with Gasteiger partial charge in [0.1, 0.15) is 11.5 Å². The third-order valence-corrected chi connectivity index (χ3v) is 5.93. The van der Waals surface area contributed by atoms with Crippen LogP contribution in [0.5, 0.6) is 5.75 Å². The number of carbonyl (C=O) groups excluding carboxylic acids is 2. The van der Waals surface area contributed by atoms with E-state index in [1.165, 1.54) is 4.90 Å². The molecule has 1 aliphatic rings. The number of benzene rings is 2. The molecule has 6 nitrogen and oxygen atoms in total. The number of carbonyl (C=O) groups is 2. The number of anilines is 1. The molecule has 1 amide bonds. The van der Waals surface area contributed by atoms with E-state index in [1.54, 1.807) is 67.0 Å². The van der Waals surface area contributed by atoms with Crippen LogP contribution in [0.2, 0.25) is 5.02 Å². The van der Waals surface area contributed by atoms with Crippen molar-refractivity contribution in [2.24, 2.45) is 0 Å². The lowest BCUT2D eigenvalue weighted by Crippen LogP contribution is -2.29. The molecule has 32 heavy (non-hydrogen) atoms. The number of Topliss-reactive ketones (excluding diaryl/α,β-unsaturated/α-hetero) is 1. The third kappa shape index (κ3) is 4.01. The fourth-order valence-corrected chi connectivity index (χ4v) is 4.12. The number of aliphatic hydroxyl groups is 1. The number of hydrogen-bond acceptors (Lipinski definition) is 5. The quantitative estimate of drug-likeness (QED) is 0.276. The first-order valence-electron chi connectivity index (χ1n) is 9.81. The first-order chi connectivity index (χ1) is 15.4. The highest BCUT2D eigenvalue weighted by molar-refractivity contribution is 9.10. The minimum absolute atomic E-state index is 0.0559. The summed E-state index contributed by atoms with van der Waals surface area (Å²) in [5, 5.41) is 11.5. The van der Waals surface area contributed by atoms with E-state index in [9.17, 15) is 14.7 Å². The van der Waals surface area contributed by atoms with E-state index < -0.39 is 17.7 Å². The monoisotopic (exact) mass is 512 g/mol. The molecule has 0 spiro atoms. The average molecular weight is 514 g/mol. The van der Waals surface area contributed by atoms with Crippen LogP contribution < -0.4 is 9.64 Å². The van der Waals surface area contributed by atoms with E-state index in [2.05, 4.69) is 20.9 Å². The molecule has 0 aliphatic carbocycles. The number of amides is 1. The summed E-state index contributed by atoms with van der Waals surface area (Å²) in [4.78, 5) is 31.7. The van der Waals surface area contributed by atoms with Gasteiger partial charge in [-0.15, -0.1) is 0 Å². The Hall–Kier alpha value is -3.16. The van der Waals surface area contributed by atoms with Crippen LogP contribution in [0.1, 0.15) is 24.1 Å². The van der Waals surface area contributed by atoms with Gasteiger partial charge in [0.25, 0.3) is 11.7 Å². The van der Waals surface area contributed by atoms with Crippen LogP contribution in [0.25, 0.3) is 5.76 Å². The van der Waals surface area contributed by atoms with Crippen LogP contribution in [-0.4, -0.2) is 28.4 Å². The Bertz CT molecular complexity index is 1210. The lowest BCUT2D eigenvalue weighted by atomic mass is 9.95. The fraction of sp³-hybridized carbons (Fsp3) is 0.125. The predicted octanol–water partition coefficient (Wildman–Crippen LogP) is 5.52. The van der Waals surface area contributed by atoms with Gasteiger partial charge in [0.2, 0.25) is 0 Å². The molecule has 2 heterocycles. The van der Waals surface area contributed by atoms with Crippen LogP contribution in [0.3, 0.4) is 0 Å². The molecule has 1 N–H and O–H groups in total. The molecule has 3 aromatic rings. The summed E-state index contributed by atoms with van der Waals surface area (Å²) in [7, 11) is 0. The third-order valence-electron chi connectivity index (χ3n) is 5.08. The van der Waals surface area contributed by atoms with Crippen LogP contribution in [0, 0.1) is 0 Å². The number of hydrogen-bond donors (Lipinski definition) is 1. The lowest BCUT2D eigenvalue weighted by molar-refractivity contribution is -0.132. The molecule has 1 aromatic heterocycles. The average Bonchev–Trinajstić information content (AvgIpc) is 3.06. The van der Waals surface area contributed by atoms with E-state index in [-0.39, 0.29) is 21.9 Å². The van der Waals surface area contributed by atoms with Crippen LogP contribution in [0.4, 0.5) is 5.69 Å². The molecule has 1 aliphatic heterocycles. The van der Waals surface area contributed by atoms with Gasteiger partial charge in [-0.05, 0) is 67.1 Å². The van der Waals surface area contributed by atoms with Gasteiger partial charge in [-0.1, -0.05) is 27.5 Å². The highest BCUT2D eigenvalue weighted by Crippen LogP contribution is 2.43. The predicted molar refractivity (Wildman–Crippen MR) is 126 cm³/mol. The first kappa shape index (κ1) is 22.0. The number of ether oxygens (including phenoxy) is 1. The lowest BCUT2D eigenvalue weighted by Gasteiger charge is -2.25. The molecule has 1 fully saturated rings. The maximum Gasteiger partial charge on any atom is 0.300 e. The molecule has 2 aromatic carbocycles. The fourth-order valence-electron chi connectivity index (χ4n) is 3.65. The number of aromatic nitrogens is 1. The Morgan fingerprint density at radius 1 is 1.12 bits per heavy atom. The largest absolute Gasteiger partial charge is 0.507 e. The number of halogens is 2. The summed E-state index contributed by atoms with van der Waals surface area (Å²) in [6.45, 7) is 2.26. The molecule has 1 saturated heterocycles. The molecule has 0 bridgehead atoms. The van der Waals surface area contributed by atoms with Crippen molar-refractivity contribution in [3.8, 4) is 5.75 Å². The molecule has 162 valence electrons. The van der Waals surface area contributed by atoms with E-state index in [0.717, 1.165) is 4.47 Å². The van der Waals surface area contributed by atoms with Gasteiger partial charge in [-0.25, -0.2) is 0 Å². The van der Waals surface area contributed by atoms with Crippen molar-refractivity contribution in [3.63, 3.8) is 0 Å². The molecular weight excluding hydrogens is 496 g/mol. The second kappa shape index (κ2) is 9.14. The van der Waals surface area contributed by atoms with Crippen LogP contribution in [0.15, 0.2) is 77.0 Å². The second-order valence-electron chi connectivity index (χ2n) is 7.00. The van der Waals surface area contributed by atoms with Crippen molar-refractivity contribution in [1.82, 2.24) is 4.98 Å². The van der Waals surface area contributed by atoms with Crippen molar-refractivity contribution in [3.05, 3.63) is 93.2 Å². The Labute approximate surface area is 198 Å². The summed E-state index contributed by atoms with van der Waals surface area (Å²) >= 11 is 9.72. The van der Waals surface area contributed by atoms with Crippen molar-refractivity contribution in [2.75, 3.05) is 11.5 Å². The molecule has 0 radical (unpaired) electrons. The van der Waals surface area contributed by atoms with Gasteiger partial charge in [-0.2, -0.15) is 0 Å².